The van der Waals surface area contributed by atoms with Crippen molar-refractivity contribution in [3.05, 3.63) is 68.5 Å². The molecule has 7 nitrogen and oxygen atoms in total. The van der Waals surface area contributed by atoms with Gasteiger partial charge in [-0.25, -0.2) is 15.0 Å². The van der Waals surface area contributed by atoms with Crippen molar-refractivity contribution in [1.29, 1.82) is 0 Å². The predicted octanol–water partition coefficient (Wildman–Crippen LogP) is 5.78. The summed E-state index contributed by atoms with van der Waals surface area (Å²) in [5, 5.41) is 27.8. The number of hydrazone groups is 1. The largest absolute Gasteiger partial charge is 0.506 e. The summed E-state index contributed by atoms with van der Waals surface area (Å²) in [5.74, 6) is -1.07. The average molecular weight is 509 g/mol. The van der Waals surface area contributed by atoms with E-state index in [2.05, 4.69) is 31.8 Å². The maximum Gasteiger partial charge on any atom is 0.339 e. The Labute approximate surface area is 189 Å². The molecule has 0 fully saturated rings. The van der Waals surface area contributed by atoms with Crippen molar-refractivity contribution < 1.29 is 19.8 Å². The summed E-state index contributed by atoms with van der Waals surface area (Å²) >= 11 is 10.6. The van der Waals surface area contributed by atoms with Crippen molar-refractivity contribution in [1.82, 2.24) is 5.43 Å². The molecule has 4 N–H and O–H groups in total. The maximum atomic E-state index is 12.1. The first-order valence-corrected chi connectivity index (χ1v) is 10.5. The highest BCUT2D eigenvalue weighted by atomic mass is 79.9. The van der Waals surface area contributed by atoms with Gasteiger partial charge in [0.05, 0.1) is 26.7 Å². The highest BCUT2D eigenvalue weighted by Gasteiger charge is 2.15. The van der Waals surface area contributed by atoms with E-state index in [0.717, 1.165) is 10.0 Å². The van der Waals surface area contributed by atoms with E-state index >= 15 is 0 Å². The summed E-state index contributed by atoms with van der Waals surface area (Å²) in [6.45, 7) is 1.66. The Morgan fingerprint density at radius 1 is 1.13 bits per heavy atom. The molecule has 154 valence electrons. The molecule has 0 saturated heterocycles. The molecular weight excluding hydrogens is 494 g/mol. The molecule has 3 rings (SSSR count). The Balaban J connectivity index is 1.69. The van der Waals surface area contributed by atoms with Gasteiger partial charge < -0.3 is 15.5 Å². The van der Waals surface area contributed by atoms with Crippen LogP contribution in [0.3, 0.4) is 0 Å². The quantitative estimate of drug-likeness (QED) is 0.258. The van der Waals surface area contributed by atoms with Gasteiger partial charge in [0.1, 0.15) is 5.75 Å². The predicted molar refractivity (Wildman–Crippen MR) is 122 cm³/mol. The number of anilines is 1. The van der Waals surface area contributed by atoms with E-state index < -0.39 is 12.0 Å². The van der Waals surface area contributed by atoms with Crippen LogP contribution in [0.4, 0.5) is 10.5 Å². The van der Waals surface area contributed by atoms with E-state index in [9.17, 15) is 14.7 Å². The lowest BCUT2D eigenvalue weighted by atomic mass is 10.1. The van der Waals surface area contributed by atoms with Crippen molar-refractivity contribution in [3.8, 4) is 16.2 Å². The lowest BCUT2D eigenvalue weighted by Gasteiger charge is -2.07. The molecule has 0 spiro atoms. The van der Waals surface area contributed by atoms with E-state index in [1.165, 1.54) is 29.5 Å². The van der Waals surface area contributed by atoms with Crippen LogP contribution < -0.4 is 10.7 Å². The third-order valence-corrected chi connectivity index (χ3v) is 5.90. The van der Waals surface area contributed by atoms with Crippen LogP contribution in [0.15, 0.2) is 57.4 Å². The minimum absolute atomic E-state index is 0.00338. The van der Waals surface area contributed by atoms with Gasteiger partial charge in [0.25, 0.3) is 0 Å². The van der Waals surface area contributed by atoms with Crippen molar-refractivity contribution in [2.75, 3.05) is 5.32 Å². The molecule has 0 unspecified atom stereocenters. The van der Waals surface area contributed by atoms with Crippen LogP contribution >= 0.6 is 38.9 Å². The van der Waals surface area contributed by atoms with Crippen molar-refractivity contribution in [2.24, 2.45) is 5.10 Å². The lowest BCUT2D eigenvalue weighted by Crippen LogP contribution is -2.25. The van der Waals surface area contributed by atoms with Crippen LogP contribution in [0.5, 0.6) is 5.75 Å². The molecule has 30 heavy (non-hydrogen) atoms. The number of thiophene rings is 1. The number of benzene rings is 2. The van der Waals surface area contributed by atoms with Gasteiger partial charge in [-0.2, -0.15) is 5.10 Å². The normalized spacial score (nSPS) is 11.2. The number of nitrogens with one attached hydrogen (secondary N) is 2. The molecule has 3 aromatic rings. The molecule has 2 amide bonds. The lowest BCUT2D eigenvalue weighted by molar-refractivity contribution is 0.0697. The van der Waals surface area contributed by atoms with E-state index in [1.807, 2.05) is 24.3 Å². The van der Waals surface area contributed by atoms with Crippen LogP contribution in [0.1, 0.15) is 22.8 Å². The van der Waals surface area contributed by atoms with Crippen LogP contribution in [-0.4, -0.2) is 27.9 Å². The van der Waals surface area contributed by atoms with Crippen LogP contribution in [0.2, 0.25) is 5.02 Å². The summed E-state index contributed by atoms with van der Waals surface area (Å²) in [7, 11) is 0. The highest BCUT2D eigenvalue weighted by molar-refractivity contribution is 9.10. The van der Waals surface area contributed by atoms with Crippen LogP contribution in [-0.2, 0) is 0 Å². The second kappa shape index (κ2) is 9.29. The Morgan fingerprint density at radius 3 is 2.47 bits per heavy atom. The third-order valence-electron chi connectivity index (χ3n) is 4.04. The second-order valence-corrected chi connectivity index (χ2v) is 8.30. The van der Waals surface area contributed by atoms with Crippen molar-refractivity contribution in [2.45, 2.75) is 6.92 Å². The number of rotatable bonds is 5. The highest BCUT2D eigenvalue weighted by Crippen LogP contribution is 2.39. The van der Waals surface area contributed by atoms with Gasteiger partial charge in [-0.15, -0.1) is 11.3 Å². The minimum atomic E-state index is -1.16. The molecule has 0 aliphatic carbocycles. The van der Waals surface area contributed by atoms with Crippen LogP contribution in [0, 0.1) is 0 Å². The van der Waals surface area contributed by atoms with Gasteiger partial charge in [0.2, 0.25) is 0 Å². The van der Waals surface area contributed by atoms with Crippen LogP contribution in [0.25, 0.3) is 10.4 Å². The minimum Gasteiger partial charge on any atom is -0.506 e. The number of carboxylic acid groups (broad SMARTS) is 1. The fourth-order valence-electron chi connectivity index (χ4n) is 2.53. The summed E-state index contributed by atoms with van der Waals surface area (Å²) in [6.07, 6.45) is 0. The SMILES string of the molecule is C/C(=N\NC(=O)Nc1ccc(C(=O)O)c(Cl)c1)c1csc(-c2ccc(Br)cc2)c1O. The Kier molecular flexibility index (Phi) is 6.76. The van der Waals surface area contributed by atoms with Gasteiger partial charge in [0.15, 0.2) is 0 Å². The number of aromatic hydroxyl groups is 1. The summed E-state index contributed by atoms with van der Waals surface area (Å²) < 4.78 is 0.939. The fraction of sp³-hybridized carbons (Fsp3) is 0.0500. The summed E-state index contributed by atoms with van der Waals surface area (Å²) in [4.78, 5) is 23.7. The summed E-state index contributed by atoms with van der Waals surface area (Å²) in [5.41, 5.74) is 4.38. The maximum absolute atomic E-state index is 12.1. The number of halogens is 2. The molecule has 0 aliphatic rings. The van der Waals surface area contributed by atoms with Gasteiger partial charge >= 0.3 is 12.0 Å². The Morgan fingerprint density at radius 2 is 1.83 bits per heavy atom. The Hall–Kier alpha value is -2.88. The zero-order valence-corrected chi connectivity index (χ0v) is 18.6. The molecule has 0 bridgehead atoms. The number of carbonyl (C=O) groups is 2. The number of amides is 2. The van der Waals surface area contributed by atoms with Crippen molar-refractivity contribution >= 4 is 62.3 Å². The number of nitrogens with zero attached hydrogens (tertiary/aromatic N) is 1. The third kappa shape index (κ3) is 4.99. The van der Waals surface area contributed by atoms with Gasteiger partial charge in [-0.05, 0) is 42.8 Å². The average Bonchev–Trinajstić information content (AvgIpc) is 3.08. The number of hydrogen-bond acceptors (Lipinski definition) is 5. The Bertz CT molecular complexity index is 1150. The standard InChI is InChI=1S/C20H15BrClN3O4S/c1-10(15-9-30-18(17(15)26)11-2-4-12(21)5-3-11)24-25-20(29)23-13-6-7-14(19(27)28)16(22)8-13/h2-9,26H,1H3,(H,27,28)(H2,23,25,29)/b24-10+. The molecule has 2 aromatic carbocycles. The van der Waals surface area contributed by atoms with E-state index in [0.29, 0.717) is 21.8 Å². The first-order valence-electron chi connectivity index (χ1n) is 8.47. The summed E-state index contributed by atoms with van der Waals surface area (Å²) in [6, 6.07) is 10.9. The fourth-order valence-corrected chi connectivity index (χ4v) is 4.07. The van der Waals surface area contributed by atoms with E-state index in [-0.39, 0.29) is 16.3 Å². The second-order valence-electron chi connectivity index (χ2n) is 6.10. The zero-order chi connectivity index (χ0) is 21.8. The first-order chi connectivity index (χ1) is 14.3. The molecule has 0 saturated carbocycles. The number of urea groups is 1. The molecule has 1 aromatic heterocycles. The molecular formula is C20H15BrClN3O4S. The number of aromatic carboxylic acids is 1. The zero-order valence-electron chi connectivity index (χ0n) is 15.4. The van der Waals surface area contributed by atoms with E-state index in [4.69, 9.17) is 16.7 Å². The smallest absolute Gasteiger partial charge is 0.339 e. The number of carboxylic acids is 1. The molecule has 0 aliphatic heterocycles. The molecule has 10 heteroatoms. The topological polar surface area (TPSA) is 111 Å². The molecule has 0 radical (unpaired) electrons. The molecule has 0 atom stereocenters. The van der Waals surface area contributed by atoms with Gasteiger partial charge in [-0.1, -0.05) is 39.7 Å². The number of hydrogen-bond donors (Lipinski definition) is 4. The van der Waals surface area contributed by atoms with E-state index in [1.54, 1.807) is 12.3 Å². The van der Waals surface area contributed by atoms with Gasteiger partial charge in [-0.3, -0.25) is 0 Å². The van der Waals surface area contributed by atoms with Crippen molar-refractivity contribution in [3.63, 3.8) is 0 Å². The molecule has 1 heterocycles. The van der Waals surface area contributed by atoms with Gasteiger partial charge in [0, 0.05) is 15.5 Å². The first kappa shape index (κ1) is 21.8. The number of carbonyl (C=O) groups excluding carboxylic acids is 1. The monoisotopic (exact) mass is 507 g/mol.